The van der Waals surface area contributed by atoms with E-state index in [1.54, 1.807) is 0 Å². The van der Waals surface area contributed by atoms with E-state index in [4.69, 9.17) is 27.9 Å². The number of sulfonamides is 1. The van der Waals surface area contributed by atoms with Crippen LogP contribution in [0.5, 0.6) is 5.75 Å². The molecule has 162 valence electrons. The topological polar surface area (TPSA) is 105 Å². The van der Waals surface area contributed by atoms with Crippen LogP contribution < -0.4 is 15.0 Å². The average Bonchev–Trinajstić information content (AvgIpc) is 2.78. The van der Waals surface area contributed by atoms with E-state index >= 15 is 0 Å². The minimum atomic E-state index is -4.11. The first-order valence-corrected chi connectivity index (χ1v) is 11.1. The fourth-order valence-corrected chi connectivity index (χ4v) is 3.92. The largest absolute Gasteiger partial charge is 0.497 e. The van der Waals surface area contributed by atoms with Gasteiger partial charge in [-0.2, -0.15) is 0 Å². The summed E-state index contributed by atoms with van der Waals surface area (Å²) in [5, 5.41) is 12.2. The Morgan fingerprint density at radius 3 is 1.74 bits per heavy atom. The molecule has 10 heteroatoms. The van der Waals surface area contributed by atoms with Crippen molar-refractivity contribution in [3.63, 3.8) is 0 Å². The lowest BCUT2D eigenvalue weighted by Gasteiger charge is -2.28. The zero-order valence-corrected chi connectivity index (χ0v) is 18.5. The summed E-state index contributed by atoms with van der Waals surface area (Å²) in [6.07, 6.45) is 0. The van der Waals surface area contributed by atoms with Crippen molar-refractivity contribution in [2.75, 3.05) is 7.11 Å². The number of nitrogens with one attached hydrogen (secondary N) is 2. The third kappa shape index (κ3) is 5.00. The number of halogens is 2. The highest BCUT2D eigenvalue weighted by atomic mass is 35.5. The quantitative estimate of drug-likeness (QED) is 0.450. The van der Waals surface area contributed by atoms with Gasteiger partial charge in [0.2, 0.25) is 0 Å². The van der Waals surface area contributed by atoms with Gasteiger partial charge in [-0.05, 0) is 59.7 Å². The maximum atomic E-state index is 13.0. The lowest BCUT2D eigenvalue weighted by Crippen LogP contribution is -2.52. The van der Waals surface area contributed by atoms with Crippen molar-refractivity contribution in [1.82, 2.24) is 10.3 Å². The molecule has 0 saturated heterocycles. The number of carbonyl (C=O) groups excluding carboxylic acids is 1. The van der Waals surface area contributed by atoms with Gasteiger partial charge in [-0.1, -0.05) is 47.5 Å². The van der Waals surface area contributed by atoms with Crippen LogP contribution in [0, 0.1) is 0 Å². The molecule has 3 rings (SSSR count). The summed E-state index contributed by atoms with van der Waals surface area (Å²) in [6.45, 7) is 0. The Balaban J connectivity index is 1.91. The molecule has 0 fully saturated rings. The van der Waals surface area contributed by atoms with Gasteiger partial charge in [0.05, 0.1) is 12.0 Å². The van der Waals surface area contributed by atoms with Crippen LogP contribution in [0.25, 0.3) is 0 Å². The van der Waals surface area contributed by atoms with Gasteiger partial charge in [-0.25, -0.2) is 8.42 Å². The standard InChI is InChI=1S/C21H18Cl2N2O5S/c1-30-18-10-12-19(13-11-18)31(28,29)25-24-20(26)21(27,14-2-6-16(22)7-3-14)15-4-8-17(23)9-5-15/h2-13,25,27H,1H3,(H,24,26). The number of amides is 1. The number of carbonyl (C=O) groups is 1. The highest BCUT2D eigenvalue weighted by Gasteiger charge is 2.40. The van der Waals surface area contributed by atoms with E-state index in [0.717, 1.165) is 0 Å². The minimum Gasteiger partial charge on any atom is -0.497 e. The molecule has 0 heterocycles. The van der Waals surface area contributed by atoms with E-state index in [1.165, 1.54) is 79.9 Å². The second kappa shape index (κ2) is 9.25. The van der Waals surface area contributed by atoms with Crippen LogP contribution in [0.15, 0.2) is 77.7 Å². The van der Waals surface area contributed by atoms with Gasteiger partial charge in [0.1, 0.15) is 5.75 Å². The number of hydrogen-bond acceptors (Lipinski definition) is 5. The molecule has 0 spiro atoms. The van der Waals surface area contributed by atoms with Crippen LogP contribution in [0.2, 0.25) is 10.0 Å². The van der Waals surface area contributed by atoms with E-state index < -0.39 is 21.5 Å². The number of hydrogen-bond donors (Lipinski definition) is 3. The SMILES string of the molecule is COc1ccc(S(=O)(=O)NNC(=O)C(O)(c2ccc(Cl)cc2)c2ccc(Cl)cc2)cc1. The van der Waals surface area contributed by atoms with Crippen molar-refractivity contribution < 1.29 is 23.1 Å². The second-order valence-corrected chi connectivity index (χ2v) is 9.01. The van der Waals surface area contributed by atoms with E-state index in [1.807, 2.05) is 4.83 Å². The summed E-state index contributed by atoms with van der Waals surface area (Å²) in [7, 11) is -2.65. The Morgan fingerprint density at radius 1 is 0.871 bits per heavy atom. The molecule has 0 saturated carbocycles. The van der Waals surface area contributed by atoms with Gasteiger partial charge in [0.15, 0.2) is 5.60 Å². The molecule has 0 atom stereocenters. The molecular formula is C21H18Cl2N2O5S. The molecule has 0 aliphatic rings. The number of aliphatic hydroxyl groups is 1. The Morgan fingerprint density at radius 2 is 1.32 bits per heavy atom. The van der Waals surface area contributed by atoms with E-state index in [0.29, 0.717) is 15.8 Å². The van der Waals surface area contributed by atoms with Crippen LogP contribution in [0.4, 0.5) is 0 Å². The van der Waals surface area contributed by atoms with E-state index in [9.17, 15) is 18.3 Å². The summed E-state index contributed by atoms with van der Waals surface area (Å²) < 4.78 is 30.1. The third-order valence-corrected chi connectivity index (χ3v) is 6.29. The molecule has 0 aliphatic heterocycles. The zero-order valence-electron chi connectivity index (χ0n) is 16.2. The Bertz CT molecular complexity index is 1120. The van der Waals surface area contributed by atoms with E-state index in [2.05, 4.69) is 5.43 Å². The van der Waals surface area contributed by atoms with Crippen LogP contribution in [0.3, 0.4) is 0 Å². The van der Waals surface area contributed by atoms with Gasteiger partial charge in [-0.3, -0.25) is 10.2 Å². The number of methoxy groups -OCH3 is 1. The molecule has 3 aromatic carbocycles. The number of hydrazine groups is 1. The summed E-state index contributed by atoms with van der Waals surface area (Å²) in [4.78, 5) is 14.9. The molecule has 0 unspecified atom stereocenters. The number of ether oxygens (including phenoxy) is 1. The Labute approximate surface area is 189 Å². The fourth-order valence-electron chi connectivity index (χ4n) is 2.83. The normalized spacial score (nSPS) is 11.7. The molecule has 7 nitrogen and oxygen atoms in total. The summed E-state index contributed by atoms with van der Waals surface area (Å²) >= 11 is 11.8. The maximum absolute atomic E-state index is 13.0. The van der Waals surface area contributed by atoms with Crippen molar-refractivity contribution >= 4 is 39.1 Å². The van der Waals surface area contributed by atoms with Crippen LogP contribution >= 0.6 is 23.2 Å². The van der Waals surface area contributed by atoms with Crippen LogP contribution in [-0.2, 0) is 20.4 Å². The third-order valence-electron chi connectivity index (χ3n) is 4.52. The summed E-state index contributed by atoms with van der Waals surface area (Å²) in [6, 6.07) is 17.5. The zero-order chi connectivity index (χ0) is 22.6. The van der Waals surface area contributed by atoms with Crippen molar-refractivity contribution in [1.29, 1.82) is 0 Å². The average molecular weight is 481 g/mol. The van der Waals surface area contributed by atoms with Crippen LogP contribution in [-0.4, -0.2) is 26.5 Å². The molecule has 1 amide bonds. The molecular weight excluding hydrogens is 463 g/mol. The van der Waals surface area contributed by atoms with E-state index in [-0.39, 0.29) is 16.0 Å². The van der Waals surface area contributed by atoms with Gasteiger partial charge < -0.3 is 9.84 Å². The smallest absolute Gasteiger partial charge is 0.276 e. The molecule has 31 heavy (non-hydrogen) atoms. The predicted octanol–water partition coefficient (Wildman–Crippen LogP) is 3.25. The van der Waals surface area contributed by atoms with Gasteiger partial charge >= 0.3 is 0 Å². The molecule has 0 radical (unpaired) electrons. The van der Waals surface area contributed by atoms with Crippen molar-refractivity contribution in [2.24, 2.45) is 0 Å². The summed E-state index contributed by atoms with van der Waals surface area (Å²) in [5.41, 5.74) is 0.230. The van der Waals surface area contributed by atoms with Gasteiger partial charge in [0.25, 0.3) is 15.9 Å². The second-order valence-electron chi connectivity index (χ2n) is 6.46. The van der Waals surface area contributed by atoms with Crippen molar-refractivity contribution in [2.45, 2.75) is 10.5 Å². The first kappa shape index (κ1) is 23.1. The predicted molar refractivity (Wildman–Crippen MR) is 117 cm³/mol. The molecule has 3 aromatic rings. The first-order valence-electron chi connectivity index (χ1n) is 8.87. The maximum Gasteiger partial charge on any atom is 0.276 e. The molecule has 0 aliphatic carbocycles. The molecule has 0 bridgehead atoms. The lowest BCUT2D eigenvalue weighted by atomic mass is 9.85. The van der Waals surface area contributed by atoms with Crippen molar-refractivity contribution in [3.8, 4) is 5.75 Å². The van der Waals surface area contributed by atoms with Crippen LogP contribution in [0.1, 0.15) is 11.1 Å². The first-order chi connectivity index (χ1) is 14.7. The highest BCUT2D eigenvalue weighted by molar-refractivity contribution is 7.89. The number of rotatable bonds is 7. The fraction of sp³-hybridized carbons (Fsp3) is 0.0952. The monoisotopic (exact) mass is 480 g/mol. The van der Waals surface area contributed by atoms with Gasteiger partial charge in [-0.15, -0.1) is 4.83 Å². The number of benzene rings is 3. The summed E-state index contributed by atoms with van der Waals surface area (Å²) in [5.74, 6) is -0.544. The van der Waals surface area contributed by atoms with Crippen molar-refractivity contribution in [3.05, 3.63) is 94.0 Å². The van der Waals surface area contributed by atoms with Gasteiger partial charge in [0, 0.05) is 10.0 Å². The minimum absolute atomic E-state index is 0.102. The molecule has 3 N–H and O–H groups in total. The highest BCUT2D eigenvalue weighted by Crippen LogP contribution is 2.31. The lowest BCUT2D eigenvalue weighted by molar-refractivity contribution is -0.137. The Kier molecular flexibility index (Phi) is 6.88. The Hall–Kier alpha value is -2.62. The molecule has 0 aromatic heterocycles.